The molecule has 0 fully saturated rings. The summed E-state index contributed by atoms with van der Waals surface area (Å²) in [5.74, 6) is 0.842. The van der Waals surface area contributed by atoms with Gasteiger partial charge in [0.25, 0.3) is 0 Å². The number of anilines is 1. The summed E-state index contributed by atoms with van der Waals surface area (Å²) in [6, 6.07) is 7.60. The largest absolute Gasteiger partial charge is 0.451 e. The highest BCUT2D eigenvalue weighted by Gasteiger charge is 2.06. The molecule has 0 spiro atoms. The van der Waals surface area contributed by atoms with Gasteiger partial charge in [-0.2, -0.15) is 0 Å². The van der Waals surface area contributed by atoms with Crippen molar-refractivity contribution in [1.29, 1.82) is 0 Å². The lowest BCUT2D eigenvalue weighted by Crippen LogP contribution is -1.97. The Morgan fingerprint density at radius 3 is 2.47 bits per heavy atom. The quantitative estimate of drug-likeness (QED) is 0.644. The summed E-state index contributed by atoms with van der Waals surface area (Å²) < 4.78 is 7.94. The molecule has 0 aliphatic heterocycles. The topological polar surface area (TPSA) is 25.2 Å². The van der Waals surface area contributed by atoms with Crippen LogP contribution in [0.15, 0.2) is 42.3 Å². The van der Waals surface area contributed by atoms with Crippen molar-refractivity contribution in [2.75, 3.05) is 5.32 Å². The van der Waals surface area contributed by atoms with Gasteiger partial charge in [0, 0.05) is 10.2 Å². The molecule has 0 saturated heterocycles. The van der Waals surface area contributed by atoms with Crippen LogP contribution >= 0.6 is 59.4 Å². The lowest BCUT2D eigenvalue weighted by Gasteiger charge is -2.05. The van der Waals surface area contributed by atoms with Crippen LogP contribution in [0.2, 0.25) is 5.02 Å². The van der Waals surface area contributed by atoms with Gasteiger partial charge in [0.05, 0.1) is 16.0 Å². The first kappa shape index (κ1) is 13.5. The van der Waals surface area contributed by atoms with Crippen molar-refractivity contribution in [3.63, 3.8) is 0 Å². The van der Waals surface area contributed by atoms with E-state index in [0.717, 1.165) is 20.4 Å². The van der Waals surface area contributed by atoms with Gasteiger partial charge < -0.3 is 9.73 Å². The third-order valence-corrected chi connectivity index (χ3v) is 5.01. The first-order valence-corrected chi connectivity index (χ1v) is 7.44. The number of benzene rings is 1. The van der Waals surface area contributed by atoms with Crippen molar-refractivity contribution in [3.8, 4) is 0 Å². The highest BCUT2D eigenvalue weighted by Crippen LogP contribution is 2.28. The van der Waals surface area contributed by atoms with Gasteiger partial charge in [-0.05, 0) is 72.1 Å². The summed E-state index contributed by atoms with van der Waals surface area (Å²) in [6.07, 6.45) is 0. The van der Waals surface area contributed by atoms with E-state index in [1.807, 2.05) is 24.3 Å². The van der Waals surface area contributed by atoms with Gasteiger partial charge in [-0.3, -0.25) is 0 Å². The highest BCUT2D eigenvalue weighted by molar-refractivity contribution is 9.13. The van der Waals surface area contributed by atoms with E-state index in [4.69, 9.17) is 16.0 Å². The number of nitrogens with one attached hydrogen (secondary N) is 1. The van der Waals surface area contributed by atoms with Gasteiger partial charge in [-0.1, -0.05) is 11.6 Å². The predicted octanol–water partition coefficient (Wildman–Crippen LogP) is 5.83. The minimum absolute atomic E-state index is 0.609. The summed E-state index contributed by atoms with van der Waals surface area (Å²) in [5.41, 5.74) is 0.977. The van der Waals surface area contributed by atoms with E-state index >= 15 is 0 Å². The Bertz CT molecular complexity index is 522. The number of hydrogen-bond donors (Lipinski definition) is 1. The highest BCUT2D eigenvalue weighted by atomic mass is 79.9. The fourth-order valence-electron chi connectivity index (χ4n) is 1.27. The lowest BCUT2D eigenvalue weighted by atomic mass is 10.3. The molecular formula is C11H7Br3ClNO. The van der Waals surface area contributed by atoms with Crippen LogP contribution in [0.5, 0.6) is 0 Å². The molecule has 2 aromatic rings. The molecule has 2 nitrogen and oxygen atoms in total. The number of rotatable bonds is 3. The third kappa shape index (κ3) is 3.50. The second kappa shape index (κ2) is 5.78. The zero-order chi connectivity index (χ0) is 12.4. The second-order valence-corrected chi connectivity index (χ2v) is 6.15. The van der Waals surface area contributed by atoms with Crippen molar-refractivity contribution in [1.82, 2.24) is 0 Å². The van der Waals surface area contributed by atoms with Crippen molar-refractivity contribution < 1.29 is 4.42 Å². The maximum Gasteiger partial charge on any atom is 0.183 e. The SMILES string of the molecule is Clc1ccc(NCc2cc(Br)c(Br)o2)cc1Br. The van der Waals surface area contributed by atoms with E-state index in [0.29, 0.717) is 16.2 Å². The average Bonchev–Trinajstić information content (AvgIpc) is 2.60. The molecule has 0 atom stereocenters. The molecule has 0 radical (unpaired) electrons. The van der Waals surface area contributed by atoms with Gasteiger partial charge in [0.15, 0.2) is 4.67 Å². The van der Waals surface area contributed by atoms with E-state index in [1.165, 1.54) is 0 Å². The number of hydrogen-bond acceptors (Lipinski definition) is 2. The number of furan rings is 1. The van der Waals surface area contributed by atoms with Crippen LogP contribution in [0.3, 0.4) is 0 Å². The van der Waals surface area contributed by atoms with Crippen LogP contribution in [0.25, 0.3) is 0 Å². The van der Waals surface area contributed by atoms with Crippen molar-refractivity contribution in [2.45, 2.75) is 6.54 Å². The minimum Gasteiger partial charge on any atom is -0.451 e. The molecule has 0 aliphatic rings. The maximum atomic E-state index is 5.92. The summed E-state index contributed by atoms with van der Waals surface area (Å²) >= 11 is 16.0. The summed E-state index contributed by atoms with van der Waals surface area (Å²) in [5, 5.41) is 3.94. The van der Waals surface area contributed by atoms with Gasteiger partial charge in [0.2, 0.25) is 0 Å². The monoisotopic (exact) mass is 441 g/mol. The standard InChI is InChI=1S/C11H7Br3ClNO/c12-8-3-6(1-2-10(8)15)16-5-7-4-9(13)11(14)17-7/h1-4,16H,5H2. The second-order valence-electron chi connectivity index (χ2n) is 3.32. The van der Waals surface area contributed by atoms with E-state index in [1.54, 1.807) is 0 Å². The van der Waals surface area contributed by atoms with Gasteiger partial charge >= 0.3 is 0 Å². The zero-order valence-corrected chi connectivity index (χ0v) is 14.0. The smallest absolute Gasteiger partial charge is 0.183 e. The molecule has 1 heterocycles. The van der Waals surface area contributed by atoms with Crippen LogP contribution < -0.4 is 5.32 Å². The van der Waals surface area contributed by atoms with Crippen LogP contribution in [0.1, 0.15) is 5.76 Å². The van der Waals surface area contributed by atoms with Crippen LogP contribution in [0, 0.1) is 0 Å². The molecule has 2 rings (SSSR count). The number of halogens is 4. The lowest BCUT2D eigenvalue weighted by molar-refractivity contribution is 0.494. The van der Waals surface area contributed by atoms with Gasteiger partial charge in [0.1, 0.15) is 5.76 Å². The molecule has 0 unspecified atom stereocenters. The Kier molecular flexibility index (Phi) is 4.58. The summed E-state index contributed by atoms with van der Waals surface area (Å²) in [4.78, 5) is 0. The van der Waals surface area contributed by atoms with Crippen molar-refractivity contribution >= 4 is 65.1 Å². The first-order valence-electron chi connectivity index (χ1n) is 4.69. The Morgan fingerprint density at radius 2 is 1.88 bits per heavy atom. The van der Waals surface area contributed by atoms with Gasteiger partial charge in [-0.15, -0.1) is 0 Å². The molecule has 1 N–H and O–H groups in total. The molecule has 6 heteroatoms. The fourth-order valence-corrected chi connectivity index (χ4v) is 2.43. The molecule has 1 aromatic carbocycles. The molecule has 90 valence electrons. The third-order valence-electron chi connectivity index (χ3n) is 2.08. The zero-order valence-electron chi connectivity index (χ0n) is 8.44. The minimum atomic E-state index is 0.609. The van der Waals surface area contributed by atoms with Crippen LogP contribution in [-0.2, 0) is 6.54 Å². The van der Waals surface area contributed by atoms with E-state index in [9.17, 15) is 0 Å². The Balaban J connectivity index is 2.04. The molecule has 0 bridgehead atoms. The van der Waals surface area contributed by atoms with E-state index < -0.39 is 0 Å². The van der Waals surface area contributed by atoms with Gasteiger partial charge in [-0.25, -0.2) is 0 Å². The van der Waals surface area contributed by atoms with Crippen LogP contribution in [-0.4, -0.2) is 0 Å². The molecule has 17 heavy (non-hydrogen) atoms. The normalized spacial score (nSPS) is 10.6. The van der Waals surface area contributed by atoms with E-state index in [-0.39, 0.29) is 0 Å². The van der Waals surface area contributed by atoms with Crippen molar-refractivity contribution in [2.24, 2.45) is 0 Å². The van der Waals surface area contributed by atoms with Crippen LogP contribution in [0.4, 0.5) is 5.69 Å². The molecular weight excluding hydrogens is 437 g/mol. The Labute approximate surface area is 129 Å². The maximum absolute atomic E-state index is 5.92. The summed E-state index contributed by atoms with van der Waals surface area (Å²) in [7, 11) is 0. The molecule has 0 aliphatic carbocycles. The van der Waals surface area contributed by atoms with E-state index in [2.05, 4.69) is 53.1 Å². The first-order chi connectivity index (χ1) is 8.06. The Morgan fingerprint density at radius 1 is 1.12 bits per heavy atom. The predicted molar refractivity (Wildman–Crippen MR) is 80.6 cm³/mol. The molecule has 0 saturated carbocycles. The molecule has 0 amide bonds. The Hall–Kier alpha value is 0.0300. The summed E-state index contributed by atoms with van der Waals surface area (Å²) in [6.45, 7) is 0.609. The average molecular weight is 444 g/mol. The fraction of sp³-hybridized carbons (Fsp3) is 0.0909. The van der Waals surface area contributed by atoms with Crippen molar-refractivity contribution in [3.05, 3.63) is 48.7 Å². The molecule has 1 aromatic heterocycles.